The first-order valence-corrected chi connectivity index (χ1v) is 11.9. The van der Waals surface area contributed by atoms with Gasteiger partial charge in [0.1, 0.15) is 17.5 Å². The lowest BCUT2D eigenvalue weighted by atomic mass is 9.77. The number of nitrogens with one attached hydrogen (secondary N) is 1. The molecule has 2 unspecified atom stereocenters. The second kappa shape index (κ2) is 11.4. The molecule has 7 heteroatoms. The molecule has 0 amide bonds. The number of rotatable bonds is 10. The molecule has 3 N–H and O–H groups in total. The van der Waals surface area contributed by atoms with E-state index in [0.717, 1.165) is 28.0 Å². The van der Waals surface area contributed by atoms with E-state index in [9.17, 15) is 10.2 Å². The minimum absolute atomic E-state index is 0.0364. The molecule has 0 saturated carbocycles. The molecule has 0 aromatic heterocycles. The highest BCUT2D eigenvalue weighted by molar-refractivity contribution is 6.34. The van der Waals surface area contributed by atoms with Crippen LogP contribution in [0.2, 0.25) is 0 Å². The van der Waals surface area contributed by atoms with Gasteiger partial charge in [0.2, 0.25) is 7.41 Å². The van der Waals surface area contributed by atoms with Gasteiger partial charge in [-0.15, -0.1) is 0 Å². The summed E-state index contributed by atoms with van der Waals surface area (Å²) in [6.45, 7) is 2.12. The molecule has 35 heavy (non-hydrogen) atoms. The number of aliphatic hydroxyl groups excluding tert-OH is 2. The van der Waals surface area contributed by atoms with Crippen molar-refractivity contribution >= 4 is 7.41 Å². The van der Waals surface area contributed by atoms with Gasteiger partial charge in [-0.2, -0.15) is 0 Å². The number of aliphatic hydroxyl groups is 2. The van der Waals surface area contributed by atoms with Crippen molar-refractivity contribution in [2.24, 2.45) is 5.92 Å². The zero-order chi connectivity index (χ0) is 24.8. The summed E-state index contributed by atoms with van der Waals surface area (Å²) < 4.78 is 18.4. The predicted octanol–water partition coefficient (Wildman–Crippen LogP) is 3.06. The van der Waals surface area contributed by atoms with Gasteiger partial charge in [-0.25, -0.2) is 0 Å². The highest BCUT2D eigenvalue weighted by Crippen LogP contribution is 2.42. The maximum atomic E-state index is 10.9. The fourth-order valence-corrected chi connectivity index (χ4v) is 4.73. The van der Waals surface area contributed by atoms with Crippen LogP contribution in [-0.4, -0.2) is 56.6 Å². The van der Waals surface area contributed by atoms with E-state index in [0.29, 0.717) is 0 Å². The molecule has 5 atom stereocenters. The van der Waals surface area contributed by atoms with Crippen LogP contribution < -0.4 is 9.96 Å². The third-order valence-corrected chi connectivity index (χ3v) is 6.78. The first-order chi connectivity index (χ1) is 17.0. The van der Waals surface area contributed by atoms with E-state index in [1.165, 1.54) is 0 Å². The molecule has 6 nitrogen and oxygen atoms in total. The standard InChI is InChI=1S/C28H33BNO5/c1-19-26(32)25(35-27(19)29-30-2)18-34-28(21-7-5-4-6-8-21,22-11-9-20(17-31)10-12-22)23-13-15-24(33-3)16-14-23/h4-16,19,25-27,30-32H,17-18H2,1-3H3/t19-,25+,26?,27+,28?/m0/s1. The van der Waals surface area contributed by atoms with Crippen molar-refractivity contribution in [1.29, 1.82) is 0 Å². The van der Waals surface area contributed by atoms with E-state index in [2.05, 4.69) is 5.23 Å². The van der Waals surface area contributed by atoms with Crippen LogP contribution in [0.3, 0.4) is 0 Å². The van der Waals surface area contributed by atoms with Gasteiger partial charge >= 0.3 is 0 Å². The number of hydrogen-bond acceptors (Lipinski definition) is 6. The molecule has 4 rings (SSSR count). The van der Waals surface area contributed by atoms with E-state index in [4.69, 9.17) is 14.2 Å². The van der Waals surface area contributed by atoms with Gasteiger partial charge < -0.3 is 29.7 Å². The Hall–Kier alpha value is -2.68. The van der Waals surface area contributed by atoms with Crippen LogP contribution in [0.1, 0.15) is 29.2 Å². The summed E-state index contributed by atoms with van der Waals surface area (Å²) in [5, 5.41) is 23.5. The van der Waals surface area contributed by atoms with E-state index < -0.39 is 17.8 Å². The molecule has 3 aromatic carbocycles. The van der Waals surface area contributed by atoms with Crippen molar-refractivity contribution in [1.82, 2.24) is 5.23 Å². The average Bonchev–Trinajstić information content (AvgIpc) is 3.18. The summed E-state index contributed by atoms with van der Waals surface area (Å²) in [4.78, 5) is 0. The minimum atomic E-state index is -0.974. The Morgan fingerprint density at radius 1 is 0.943 bits per heavy atom. The Kier molecular flexibility index (Phi) is 8.26. The number of benzene rings is 3. The zero-order valence-corrected chi connectivity index (χ0v) is 20.4. The van der Waals surface area contributed by atoms with Crippen molar-refractivity contribution < 1.29 is 24.4 Å². The Morgan fingerprint density at radius 2 is 1.54 bits per heavy atom. The lowest BCUT2D eigenvalue weighted by molar-refractivity contribution is -0.0745. The lowest BCUT2D eigenvalue weighted by Gasteiger charge is -2.37. The second-order valence-corrected chi connectivity index (χ2v) is 8.89. The molecule has 1 aliphatic heterocycles. The van der Waals surface area contributed by atoms with Gasteiger partial charge in [0.05, 0.1) is 26.4 Å². The fraction of sp³-hybridized carbons (Fsp3) is 0.357. The van der Waals surface area contributed by atoms with Crippen LogP contribution >= 0.6 is 0 Å². The Bertz CT molecular complexity index is 1010. The molecule has 1 heterocycles. The predicted molar refractivity (Wildman–Crippen MR) is 136 cm³/mol. The Balaban J connectivity index is 1.79. The van der Waals surface area contributed by atoms with Gasteiger partial charge in [-0.1, -0.05) is 73.7 Å². The van der Waals surface area contributed by atoms with Gasteiger partial charge in [0.15, 0.2) is 0 Å². The third kappa shape index (κ3) is 5.15. The summed E-state index contributed by atoms with van der Waals surface area (Å²) in [7, 11) is 5.32. The summed E-state index contributed by atoms with van der Waals surface area (Å²) in [6.07, 6.45) is -1.15. The summed E-state index contributed by atoms with van der Waals surface area (Å²) in [5.41, 5.74) is 2.61. The van der Waals surface area contributed by atoms with Crippen LogP contribution in [0, 0.1) is 5.92 Å². The van der Waals surface area contributed by atoms with Crippen LogP contribution in [0.4, 0.5) is 0 Å². The van der Waals surface area contributed by atoms with Gasteiger partial charge in [-0.05, 0) is 41.4 Å². The first-order valence-electron chi connectivity index (χ1n) is 11.9. The third-order valence-electron chi connectivity index (χ3n) is 6.78. The molecule has 0 aliphatic carbocycles. The van der Waals surface area contributed by atoms with E-state index in [1.54, 1.807) is 7.11 Å². The average molecular weight is 474 g/mol. The minimum Gasteiger partial charge on any atom is -0.497 e. The van der Waals surface area contributed by atoms with Gasteiger partial charge in [0.25, 0.3) is 0 Å². The molecular formula is C28H33BNO5. The zero-order valence-electron chi connectivity index (χ0n) is 20.4. The number of methoxy groups -OCH3 is 1. The summed E-state index contributed by atoms with van der Waals surface area (Å²) in [5.74, 6) is 0.687. The van der Waals surface area contributed by atoms with Crippen molar-refractivity contribution in [2.75, 3.05) is 20.8 Å². The van der Waals surface area contributed by atoms with E-state index in [-0.39, 0.29) is 25.1 Å². The maximum absolute atomic E-state index is 10.9. The molecular weight excluding hydrogens is 441 g/mol. The molecule has 0 bridgehead atoms. The number of ether oxygens (including phenoxy) is 3. The van der Waals surface area contributed by atoms with Crippen molar-refractivity contribution in [3.8, 4) is 5.75 Å². The topological polar surface area (TPSA) is 80.2 Å². The molecule has 0 spiro atoms. The summed E-state index contributed by atoms with van der Waals surface area (Å²) in [6, 6.07) is 25.4. The molecule has 3 aromatic rings. The normalized spacial score (nSPS) is 23.6. The largest absolute Gasteiger partial charge is 0.497 e. The Labute approximate surface area is 208 Å². The van der Waals surface area contributed by atoms with Crippen LogP contribution in [0.5, 0.6) is 5.75 Å². The molecule has 1 aliphatic rings. The molecule has 183 valence electrons. The summed E-state index contributed by atoms with van der Waals surface area (Å²) >= 11 is 0. The Morgan fingerprint density at radius 3 is 2.11 bits per heavy atom. The van der Waals surface area contributed by atoms with Gasteiger partial charge in [-0.3, -0.25) is 0 Å². The molecule has 1 fully saturated rings. The van der Waals surface area contributed by atoms with Crippen molar-refractivity contribution in [2.45, 2.75) is 37.3 Å². The second-order valence-electron chi connectivity index (χ2n) is 8.89. The van der Waals surface area contributed by atoms with Crippen molar-refractivity contribution in [3.63, 3.8) is 0 Å². The molecule has 1 saturated heterocycles. The molecule has 1 radical (unpaired) electrons. The maximum Gasteiger partial charge on any atom is 0.241 e. The van der Waals surface area contributed by atoms with E-state index >= 15 is 0 Å². The quantitative estimate of drug-likeness (QED) is 0.310. The van der Waals surface area contributed by atoms with E-state index in [1.807, 2.05) is 100 Å². The highest BCUT2D eigenvalue weighted by Gasteiger charge is 2.44. The van der Waals surface area contributed by atoms with Crippen LogP contribution in [-0.2, 0) is 21.7 Å². The fourth-order valence-electron chi connectivity index (χ4n) is 4.73. The van der Waals surface area contributed by atoms with Crippen molar-refractivity contribution in [3.05, 3.63) is 101 Å². The van der Waals surface area contributed by atoms with Crippen LogP contribution in [0.25, 0.3) is 0 Å². The number of hydrogen-bond donors (Lipinski definition) is 3. The first kappa shape index (κ1) is 25.4. The lowest BCUT2D eigenvalue weighted by Crippen LogP contribution is -2.38. The van der Waals surface area contributed by atoms with Crippen LogP contribution in [0.15, 0.2) is 78.9 Å². The SMILES string of the molecule is CN[B][C@@H]1O[C@H](COC(c2ccccc2)(c2ccc(CO)cc2)c2ccc(OC)cc2)C(O)[C@@H]1C. The van der Waals surface area contributed by atoms with Gasteiger partial charge in [0, 0.05) is 11.9 Å². The smallest absolute Gasteiger partial charge is 0.241 e. The monoisotopic (exact) mass is 474 g/mol. The highest BCUT2D eigenvalue weighted by atomic mass is 16.6.